The van der Waals surface area contributed by atoms with Crippen LogP contribution in [-0.2, 0) is 24.0 Å². The van der Waals surface area contributed by atoms with Gasteiger partial charge in [0.15, 0.2) is 0 Å². The Morgan fingerprint density at radius 2 is 0.612 bits per heavy atom. The van der Waals surface area contributed by atoms with E-state index in [0.717, 1.165) is 57.8 Å². The molecule has 0 unspecified atom stereocenters. The van der Waals surface area contributed by atoms with Crippen molar-refractivity contribution in [1.29, 1.82) is 0 Å². The Labute approximate surface area is 412 Å². The average molecular weight is 949 g/mol. The number of nitrogens with two attached hydrogens (primary N) is 2. The summed E-state index contributed by atoms with van der Waals surface area (Å²) in [5, 5.41) is 14.9. The summed E-state index contributed by atoms with van der Waals surface area (Å²) in [7, 11) is 0. The highest BCUT2D eigenvalue weighted by Gasteiger charge is 2.29. The number of amides is 5. The third-order valence-corrected chi connectivity index (χ3v) is 13.1. The predicted octanol–water partition coefficient (Wildman–Crippen LogP) is 11.3. The third kappa shape index (κ3) is 41.9. The van der Waals surface area contributed by atoms with Gasteiger partial charge in [0.25, 0.3) is 0 Å². The zero-order chi connectivity index (χ0) is 49.3. The van der Waals surface area contributed by atoms with Crippen molar-refractivity contribution in [1.82, 2.24) is 26.6 Å². The van der Waals surface area contributed by atoms with Crippen molar-refractivity contribution < 1.29 is 24.0 Å². The van der Waals surface area contributed by atoms with E-state index in [0.29, 0.717) is 90.4 Å². The second kappa shape index (κ2) is 49.7. The second-order valence-corrected chi connectivity index (χ2v) is 19.6. The quantitative estimate of drug-likeness (QED) is 0.0294. The molecule has 0 aliphatic heterocycles. The number of nitrogens with one attached hydrogen (secondary N) is 5. The fourth-order valence-corrected chi connectivity index (χ4v) is 8.71. The van der Waals surface area contributed by atoms with Crippen LogP contribution in [0.15, 0.2) is 0 Å². The third-order valence-electron chi connectivity index (χ3n) is 13.1. The normalized spacial score (nSPS) is 12.6. The van der Waals surface area contributed by atoms with Gasteiger partial charge < -0.3 is 38.1 Å². The molecule has 67 heavy (non-hydrogen) atoms. The van der Waals surface area contributed by atoms with Gasteiger partial charge >= 0.3 is 0 Å². The topological polar surface area (TPSA) is 198 Å². The van der Waals surface area contributed by atoms with E-state index in [2.05, 4.69) is 47.4 Å². The number of unbranched alkanes of at least 4 members (excludes halogenated alkanes) is 29. The smallest absolute Gasteiger partial charge is 0.243 e. The standard InChI is InChI=1S/C55H109N7O5/c1-4-7-10-12-14-16-18-20-22-24-26-28-30-42-51(63)58-46-38-34-41-49(60-52(64)43-31-29-27-25-23-21-19-17-15-13-11-8-5-2)54(66)62-50(40-33-36-45-57)55(67)61-48(39-32-35-44-56)53(65)59-47-37-9-6-3/h48-50H,4-47,56-57H2,1-3H3,(H,58,63)(H,59,65)(H,60,64)(H,61,67)(H,62,66)/t48-,49-,50-/m0/s1. The molecule has 394 valence electrons. The van der Waals surface area contributed by atoms with Gasteiger partial charge in [-0.25, -0.2) is 0 Å². The van der Waals surface area contributed by atoms with Crippen LogP contribution in [0.25, 0.3) is 0 Å². The lowest BCUT2D eigenvalue weighted by Crippen LogP contribution is -2.56. The summed E-state index contributed by atoms with van der Waals surface area (Å²) in [5.41, 5.74) is 11.5. The highest BCUT2D eigenvalue weighted by Crippen LogP contribution is 2.15. The van der Waals surface area contributed by atoms with Gasteiger partial charge in [0.1, 0.15) is 18.1 Å². The van der Waals surface area contributed by atoms with Gasteiger partial charge in [-0.1, -0.05) is 188 Å². The number of rotatable bonds is 51. The molecule has 0 saturated heterocycles. The summed E-state index contributed by atoms with van der Waals surface area (Å²) < 4.78 is 0. The first-order valence-electron chi connectivity index (χ1n) is 28.6. The van der Waals surface area contributed by atoms with E-state index in [9.17, 15) is 24.0 Å². The molecule has 12 nitrogen and oxygen atoms in total. The van der Waals surface area contributed by atoms with Gasteiger partial charge in [0, 0.05) is 25.9 Å². The van der Waals surface area contributed by atoms with Crippen LogP contribution < -0.4 is 38.1 Å². The number of carbonyl (C=O) groups excluding carboxylic acids is 5. The molecular formula is C55H109N7O5. The maximum Gasteiger partial charge on any atom is 0.243 e. The van der Waals surface area contributed by atoms with Crippen LogP contribution in [0.4, 0.5) is 0 Å². The van der Waals surface area contributed by atoms with Crippen molar-refractivity contribution in [2.75, 3.05) is 26.2 Å². The zero-order valence-electron chi connectivity index (χ0n) is 44.0. The SMILES string of the molecule is CCCCCCCCCCCCCCCC(=O)NCCCC[C@H](NC(=O)CCCCCCCCCCCCCCC)C(=O)N[C@@H](CCCCN)C(=O)N[C@@H](CCCCN)C(=O)NCCCCC. The molecule has 5 amide bonds. The molecule has 0 bridgehead atoms. The summed E-state index contributed by atoms with van der Waals surface area (Å²) in [4.78, 5) is 67.1. The molecule has 0 rings (SSSR count). The second-order valence-electron chi connectivity index (χ2n) is 19.6. The number of hydrogen-bond acceptors (Lipinski definition) is 7. The maximum absolute atomic E-state index is 14.0. The summed E-state index contributed by atoms with van der Waals surface area (Å²) >= 11 is 0. The lowest BCUT2D eigenvalue weighted by molar-refractivity contribution is -0.134. The van der Waals surface area contributed by atoms with Gasteiger partial charge in [-0.3, -0.25) is 24.0 Å². The summed E-state index contributed by atoms with van der Waals surface area (Å²) in [6, 6.07) is -2.47. The fourth-order valence-electron chi connectivity index (χ4n) is 8.71. The van der Waals surface area contributed by atoms with Crippen LogP contribution in [0.1, 0.15) is 278 Å². The molecule has 0 radical (unpaired) electrons. The van der Waals surface area contributed by atoms with Crippen molar-refractivity contribution in [3.8, 4) is 0 Å². The Hall–Kier alpha value is -2.73. The Morgan fingerprint density at radius 1 is 0.313 bits per heavy atom. The minimum Gasteiger partial charge on any atom is -0.356 e. The molecule has 9 N–H and O–H groups in total. The van der Waals surface area contributed by atoms with E-state index in [-0.39, 0.29) is 17.7 Å². The molecule has 0 aromatic heterocycles. The lowest BCUT2D eigenvalue weighted by Gasteiger charge is -2.25. The van der Waals surface area contributed by atoms with Gasteiger partial charge in [0.05, 0.1) is 0 Å². The molecule has 0 spiro atoms. The highest BCUT2D eigenvalue weighted by molar-refractivity contribution is 5.94. The number of carbonyl (C=O) groups is 5. The van der Waals surface area contributed by atoms with Crippen LogP contribution in [0, 0.1) is 0 Å². The summed E-state index contributed by atoms with van der Waals surface area (Å²) in [6.07, 6.45) is 41.3. The van der Waals surface area contributed by atoms with E-state index in [1.807, 2.05) is 0 Å². The van der Waals surface area contributed by atoms with E-state index < -0.39 is 29.9 Å². The maximum atomic E-state index is 14.0. The zero-order valence-corrected chi connectivity index (χ0v) is 44.0. The molecule has 0 heterocycles. The Morgan fingerprint density at radius 3 is 1.01 bits per heavy atom. The van der Waals surface area contributed by atoms with Crippen molar-refractivity contribution in [3.63, 3.8) is 0 Å². The largest absolute Gasteiger partial charge is 0.356 e. The fraction of sp³-hybridized carbons (Fsp3) is 0.909. The summed E-state index contributed by atoms with van der Waals surface area (Å²) in [5.74, 6) is -1.18. The molecule has 0 aliphatic carbocycles. The van der Waals surface area contributed by atoms with E-state index in [1.54, 1.807) is 0 Å². The van der Waals surface area contributed by atoms with Crippen LogP contribution in [-0.4, -0.2) is 73.8 Å². The highest BCUT2D eigenvalue weighted by atomic mass is 16.2. The van der Waals surface area contributed by atoms with Crippen LogP contribution in [0.5, 0.6) is 0 Å². The van der Waals surface area contributed by atoms with Crippen molar-refractivity contribution >= 4 is 29.5 Å². The Bertz CT molecular complexity index is 1170. The van der Waals surface area contributed by atoms with Crippen LogP contribution >= 0.6 is 0 Å². The van der Waals surface area contributed by atoms with Gasteiger partial charge in [-0.2, -0.15) is 0 Å². The first-order chi connectivity index (χ1) is 32.7. The molecule has 3 atom stereocenters. The number of hydrogen-bond donors (Lipinski definition) is 7. The van der Waals surface area contributed by atoms with E-state index >= 15 is 0 Å². The van der Waals surface area contributed by atoms with E-state index in [1.165, 1.54) is 135 Å². The molecule has 0 fully saturated rings. The van der Waals surface area contributed by atoms with Crippen LogP contribution in [0.2, 0.25) is 0 Å². The van der Waals surface area contributed by atoms with Gasteiger partial charge in [-0.15, -0.1) is 0 Å². The molecular weight excluding hydrogens is 839 g/mol. The summed E-state index contributed by atoms with van der Waals surface area (Å²) in [6.45, 7) is 8.62. The molecule has 0 aromatic rings. The van der Waals surface area contributed by atoms with Gasteiger partial charge in [-0.05, 0) is 90.1 Å². The monoisotopic (exact) mass is 948 g/mol. The molecule has 0 aromatic carbocycles. The van der Waals surface area contributed by atoms with E-state index in [4.69, 9.17) is 11.5 Å². The first-order valence-corrected chi connectivity index (χ1v) is 28.6. The minimum atomic E-state index is -0.895. The van der Waals surface area contributed by atoms with Gasteiger partial charge in [0.2, 0.25) is 29.5 Å². The minimum absolute atomic E-state index is 0.0609. The Balaban J connectivity index is 5.26. The van der Waals surface area contributed by atoms with Crippen molar-refractivity contribution in [2.45, 2.75) is 296 Å². The molecule has 12 heteroatoms. The Kier molecular flexibility index (Phi) is 47.7. The van der Waals surface area contributed by atoms with Crippen LogP contribution in [0.3, 0.4) is 0 Å². The molecule has 0 aliphatic rings. The first kappa shape index (κ1) is 64.3. The van der Waals surface area contributed by atoms with Crippen molar-refractivity contribution in [3.05, 3.63) is 0 Å². The lowest BCUT2D eigenvalue weighted by atomic mass is 10.0. The van der Waals surface area contributed by atoms with Crippen molar-refractivity contribution in [2.24, 2.45) is 11.5 Å². The predicted molar refractivity (Wildman–Crippen MR) is 282 cm³/mol. The molecule has 0 saturated carbocycles. The average Bonchev–Trinajstić information content (AvgIpc) is 3.32.